The molecule has 2 aromatic rings. The first kappa shape index (κ1) is 13.3. The zero-order valence-electron chi connectivity index (χ0n) is 9.49. The number of alkyl halides is 2. The van der Waals surface area contributed by atoms with Crippen molar-refractivity contribution < 1.29 is 4.74 Å². The van der Waals surface area contributed by atoms with Crippen LogP contribution in [-0.2, 0) is 10.7 Å². The van der Waals surface area contributed by atoms with Crippen molar-refractivity contribution in [2.24, 2.45) is 0 Å². The minimum atomic E-state index is 0.254. The molecule has 1 aromatic heterocycles. The highest BCUT2D eigenvalue weighted by molar-refractivity contribution is 9.09. The number of nitrogens with zero attached hydrogens (tertiary/aromatic N) is 2. The lowest BCUT2D eigenvalue weighted by molar-refractivity contribution is 0.371. The van der Waals surface area contributed by atoms with Crippen molar-refractivity contribution in [1.82, 2.24) is 9.97 Å². The Morgan fingerprint density at radius 2 is 1.78 bits per heavy atom. The Hall–Kier alpha value is -1.12. The molecule has 0 atom stereocenters. The van der Waals surface area contributed by atoms with Crippen molar-refractivity contribution in [1.29, 1.82) is 0 Å². The van der Waals surface area contributed by atoms with Crippen molar-refractivity contribution >= 4 is 42.9 Å². The number of hydrogen-bond donors (Lipinski definition) is 0. The first-order valence-corrected chi connectivity index (χ1v) is 7.50. The summed E-state index contributed by atoms with van der Waals surface area (Å²) in [6, 6.07) is 5.59. The third-order valence-corrected chi connectivity index (χ3v) is 3.43. The van der Waals surface area contributed by atoms with Crippen LogP contribution in [0.2, 0.25) is 0 Å². The highest BCUT2D eigenvalue weighted by Gasteiger charge is 2.07. The van der Waals surface area contributed by atoms with E-state index in [0.717, 1.165) is 22.4 Å². The van der Waals surface area contributed by atoms with Gasteiger partial charge in [-0.3, -0.25) is 0 Å². The van der Waals surface area contributed by atoms with Gasteiger partial charge in [-0.15, -0.1) is 6.42 Å². The summed E-state index contributed by atoms with van der Waals surface area (Å²) in [5.41, 5.74) is 3.52. The van der Waals surface area contributed by atoms with Gasteiger partial charge in [-0.05, 0) is 12.1 Å². The van der Waals surface area contributed by atoms with E-state index in [1.54, 1.807) is 0 Å². The molecule has 5 heteroatoms. The summed E-state index contributed by atoms with van der Waals surface area (Å²) in [6.07, 6.45) is 5.16. The zero-order valence-corrected chi connectivity index (χ0v) is 12.7. The highest BCUT2D eigenvalue weighted by atomic mass is 79.9. The SMILES string of the molecule is C#CCOc1ccc2nc(CBr)c(CBr)nc2c1. The molecule has 92 valence electrons. The van der Waals surface area contributed by atoms with Crippen molar-refractivity contribution in [3.63, 3.8) is 0 Å². The van der Waals surface area contributed by atoms with E-state index in [9.17, 15) is 0 Å². The standard InChI is InChI=1S/C13H10Br2N2O/c1-2-5-18-9-3-4-10-11(6-9)17-13(8-15)12(7-14)16-10/h1,3-4,6H,5,7-8H2. The maximum atomic E-state index is 5.37. The molecule has 1 heterocycles. The van der Waals surface area contributed by atoms with Crippen molar-refractivity contribution in [2.75, 3.05) is 6.61 Å². The van der Waals surface area contributed by atoms with Gasteiger partial charge in [0, 0.05) is 16.7 Å². The lowest BCUT2D eigenvalue weighted by atomic mass is 10.2. The largest absolute Gasteiger partial charge is 0.481 e. The van der Waals surface area contributed by atoms with Gasteiger partial charge in [-0.25, -0.2) is 9.97 Å². The van der Waals surface area contributed by atoms with Gasteiger partial charge in [-0.2, -0.15) is 0 Å². The third-order valence-electron chi connectivity index (χ3n) is 2.37. The molecule has 0 aliphatic rings. The highest BCUT2D eigenvalue weighted by Crippen LogP contribution is 2.21. The molecule has 0 spiro atoms. The lowest BCUT2D eigenvalue weighted by Gasteiger charge is -2.07. The molecule has 3 nitrogen and oxygen atoms in total. The van der Waals surface area contributed by atoms with Crippen molar-refractivity contribution in [3.05, 3.63) is 29.6 Å². The molecule has 0 aliphatic heterocycles. The molecular weight excluding hydrogens is 360 g/mol. The molecule has 0 amide bonds. The van der Waals surface area contributed by atoms with Crippen LogP contribution in [-0.4, -0.2) is 16.6 Å². The molecule has 0 radical (unpaired) electrons. The first-order valence-electron chi connectivity index (χ1n) is 5.26. The van der Waals surface area contributed by atoms with E-state index in [4.69, 9.17) is 11.2 Å². The van der Waals surface area contributed by atoms with Gasteiger partial charge in [0.25, 0.3) is 0 Å². The Bertz CT molecular complexity index is 608. The Morgan fingerprint density at radius 1 is 1.11 bits per heavy atom. The summed E-state index contributed by atoms with van der Waals surface area (Å²) < 4.78 is 5.37. The van der Waals surface area contributed by atoms with Crippen LogP contribution >= 0.6 is 31.9 Å². The predicted octanol–water partition coefficient (Wildman–Crippen LogP) is 3.43. The number of hydrogen-bond acceptors (Lipinski definition) is 3. The van der Waals surface area contributed by atoms with Gasteiger partial charge in [0.1, 0.15) is 12.4 Å². The Labute approximate surface area is 122 Å². The maximum Gasteiger partial charge on any atom is 0.148 e. The second-order valence-corrected chi connectivity index (χ2v) is 4.65. The summed E-state index contributed by atoms with van der Waals surface area (Å²) in [5, 5.41) is 1.36. The summed E-state index contributed by atoms with van der Waals surface area (Å²) in [4.78, 5) is 9.11. The van der Waals surface area contributed by atoms with E-state index in [1.165, 1.54) is 0 Å². The van der Waals surface area contributed by atoms with E-state index in [2.05, 4.69) is 47.7 Å². The van der Waals surface area contributed by atoms with Gasteiger partial charge < -0.3 is 4.74 Å². The van der Waals surface area contributed by atoms with Crippen LogP contribution in [0.1, 0.15) is 11.4 Å². The van der Waals surface area contributed by atoms with Gasteiger partial charge in [0.05, 0.1) is 22.4 Å². The molecule has 2 rings (SSSR count). The summed E-state index contributed by atoms with van der Waals surface area (Å²) in [5.74, 6) is 3.14. The molecule has 0 aliphatic carbocycles. The van der Waals surface area contributed by atoms with Crippen LogP contribution in [0.15, 0.2) is 18.2 Å². The van der Waals surface area contributed by atoms with E-state index in [1.807, 2.05) is 18.2 Å². The van der Waals surface area contributed by atoms with Crippen LogP contribution < -0.4 is 4.74 Å². The summed E-state index contributed by atoms with van der Waals surface area (Å²) >= 11 is 6.83. The molecule has 0 saturated heterocycles. The average molecular weight is 370 g/mol. The summed E-state index contributed by atoms with van der Waals surface area (Å²) in [6.45, 7) is 0.254. The molecule has 0 unspecified atom stereocenters. The molecule has 18 heavy (non-hydrogen) atoms. The third kappa shape index (κ3) is 2.82. The Balaban J connectivity index is 2.46. The van der Waals surface area contributed by atoms with E-state index in [0.29, 0.717) is 16.4 Å². The first-order chi connectivity index (χ1) is 8.78. The van der Waals surface area contributed by atoms with Crippen molar-refractivity contribution in [2.45, 2.75) is 10.7 Å². The van der Waals surface area contributed by atoms with Crippen LogP contribution in [0.25, 0.3) is 11.0 Å². The van der Waals surface area contributed by atoms with Gasteiger partial charge in [0.15, 0.2) is 0 Å². The molecule has 0 N–H and O–H groups in total. The second kappa shape index (κ2) is 6.17. The second-order valence-electron chi connectivity index (χ2n) is 3.53. The van der Waals surface area contributed by atoms with Gasteiger partial charge >= 0.3 is 0 Å². The van der Waals surface area contributed by atoms with Crippen LogP contribution in [0.5, 0.6) is 5.75 Å². The number of terminal acetylenes is 1. The number of rotatable bonds is 4. The minimum absolute atomic E-state index is 0.254. The molecular formula is C13H10Br2N2O. The summed E-state index contributed by atoms with van der Waals surface area (Å²) in [7, 11) is 0. The molecule has 0 saturated carbocycles. The minimum Gasteiger partial charge on any atom is -0.481 e. The molecule has 1 aromatic carbocycles. The normalized spacial score (nSPS) is 10.3. The number of benzene rings is 1. The van der Waals surface area contributed by atoms with E-state index >= 15 is 0 Å². The van der Waals surface area contributed by atoms with Gasteiger partial charge in [0.2, 0.25) is 0 Å². The number of fused-ring (bicyclic) bond motifs is 1. The van der Waals surface area contributed by atoms with Crippen LogP contribution in [0.4, 0.5) is 0 Å². The smallest absolute Gasteiger partial charge is 0.148 e. The average Bonchev–Trinajstić information content (AvgIpc) is 2.43. The number of halogens is 2. The van der Waals surface area contributed by atoms with Crippen LogP contribution in [0.3, 0.4) is 0 Å². The Morgan fingerprint density at radius 3 is 2.39 bits per heavy atom. The fourth-order valence-electron chi connectivity index (χ4n) is 1.54. The fraction of sp³-hybridized carbons (Fsp3) is 0.231. The van der Waals surface area contributed by atoms with Gasteiger partial charge in [-0.1, -0.05) is 37.8 Å². The quantitative estimate of drug-likeness (QED) is 0.611. The number of aromatic nitrogens is 2. The van der Waals surface area contributed by atoms with E-state index in [-0.39, 0.29) is 6.61 Å². The number of ether oxygens (including phenoxy) is 1. The topological polar surface area (TPSA) is 35.0 Å². The molecule has 0 bridgehead atoms. The lowest BCUT2D eigenvalue weighted by Crippen LogP contribution is -1.99. The molecule has 0 fully saturated rings. The zero-order chi connectivity index (χ0) is 13.0. The van der Waals surface area contributed by atoms with Crippen LogP contribution in [0, 0.1) is 12.3 Å². The fourth-order valence-corrected chi connectivity index (χ4v) is 2.43. The predicted molar refractivity (Wildman–Crippen MR) is 79.1 cm³/mol. The maximum absolute atomic E-state index is 5.37. The van der Waals surface area contributed by atoms with Crippen molar-refractivity contribution in [3.8, 4) is 18.1 Å². The van der Waals surface area contributed by atoms with E-state index < -0.39 is 0 Å². The Kier molecular flexibility index (Phi) is 4.56. The monoisotopic (exact) mass is 368 g/mol.